The number of benzene rings is 1. The minimum Gasteiger partial charge on any atom is -0.390 e. The fourth-order valence-corrected chi connectivity index (χ4v) is 4.92. The molecule has 0 bridgehead atoms. The lowest BCUT2D eigenvalue weighted by Gasteiger charge is -2.26. The zero-order valence-electron chi connectivity index (χ0n) is 13.5. The molecule has 2 aromatic rings. The highest BCUT2D eigenvalue weighted by molar-refractivity contribution is 7.13. The van der Waals surface area contributed by atoms with Crippen LogP contribution >= 0.6 is 36.2 Å². The van der Waals surface area contributed by atoms with E-state index in [1.54, 1.807) is 11.3 Å². The number of nitrogens with zero attached hydrogens (tertiary/aromatic N) is 3. The van der Waals surface area contributed by atoms with E-state index in [-0.39, 0.29) is 31.4 Å². The highest BCUT2D eigenvalue weighted by Crippen LogP contribution is 2.45. The Balaban J connectivity index is 0.00000104. The molecule has 0 saturated carbocycles. The number of halogens is 2. The molecule has 4 nitrogen and oxygen atoms in total. The summed E-state index contributed by atoms with van der Waals surface area (Å²) in [7, 11) is 2.24. The van der Waals surface area contributed by atoms with Crippen molar-refractivity contribution in [3.05, 3.63) is 47.0 Å². The van der Waals surface area contributed by atoms with Crippen molar-refractivity contribution >= 4 is 41.3 Å². The maximum Gasteiger partial charge on any atom is 0.185 e. The van der Waals surface area contributed by atoms with E-state index >= 15 is 0 Å². The molecule has 2 aliphatic heterocycles. The van der Waals surface area contributed by atoms with E-state index in [2.05, 4.69) is 52.2 Å². The van der Waals surface area contributed by atoms with Gasteiger partial charge in [-0.25, -0.2) is 4.98 Å². The van der Waals surface area contributed by atoms with Gasteiger partial charge in [-0.1, -0.05) is 30.3 Å². The lowest BCUT2D eigenvalue weighted by molar-refractivity contribution is 0.277. The van der Waals surface area contributed by atoms with Crippen molar-refractivity contribution in [2.45, 2.75) is 12.6 Å². The largest absolute Gasteiger partial charge is 0.390 e. The number of rotatable bonds is 3. The van der Waals surface area contributed by atoms with Gasteiger partial charge >= 0.3 is 0 Å². The summed E-state index contributed by atoms with van der Waals surface area (Å²) in [5.74, 6) is 1.37. The fraction of sp³-hybridized carbons (Fsp3) is 0.471. The molecule has 0 radical (unpaired) electrons. The molecular formula is C17H23Cl2N3OS. The lowest BCUT2D eigenvalue weighted by Crippen LogP contribution is -2.29. The summed E-state index contributed by atoms with van der Waals surface area (Å²) in [4.78, 5) is 9.44. The first-order chi connectivity index (χ1) is 10.8. The van der Waals surface area contributed by atoms with E-state index in [9.17, 15) is 5.11 Å². The minimum atomic E-state index is 0. The summed E-state index contributed by atoms with van der Waals surface area (Å²) < 4.78 is 0. The van der Waals surface area contributed by atoms with E-state index in [1.807, 2.05) is 5.38 Å². The summed E-state index contributed by atoms with van der Waals surface area (Å²) >= 11 is 1.65. The van der Waals surface area contributed by atoms with Crippen LogP contribution in [0.15, 0.2) is 35.7 Å². The van der Waals surface area contributed by atoms with E-state index in [0.29, 0.717) is 17.9 Å². The van der Waals surface area contributed by atoms with Gasteiger partial charge in [0.2, 0.25) is 0 Å². The average Bonchev–Trinajstić information content (AvgIpc) is 3.21. The number of fused-ring (bicyclic) bond motifs is 1. The summed E-state index contributed by atoms with van der Waals surface area (Å²) in [5.41, 5.74) is 2.21. The van der Waals surface area contributed by atoms with Crippen LogP contribution in [0.4, 0.5) is 5.13 Å². The molecule has 0 unspecified atom stereocenters. The third-order valence-electron chi connectivity index (χ3n) is 5.01. The normalized spacial score (nSPS) is 25.9. The Kier molecular flexibility index (Phi) is 6.51. The van der Waals surface area contributed by atoms with Gasteiger partial charge in [0.1, 0.15) is 0 Å². The van der Waals surface area contributed by atoms with Crippen LogP contribution in [0, 0.1) is 11.8 Å². The van der Waals surface area contributed by atoms with Crippen molar-refractivity contribution < 1.29 is 5.11 Å². The molecule has 132 valence electrons. The van der Waals surface area contributed by atoms with E-state index in [1.165, 1.54) is 5.56 Å². The number of aliphatic hydroxyl groups excluding tert-OH is 1. The SMILES string of the molecule is CN1C[C@H]2CN(c3nc(CO)cs3)C[C@H]2[C@@H]1c1ccccc1.Cl.Cl. The molecule has 1 N–H and O–H groups in total. The zero-order valence-corrected chi connectivity index (χ0v) is 16.0. The Bertz CT molecular complexity index is 654. The predicted molar refractivity (Wildman–Crippen MR) is 104 cm³/mol. The van der Waals surface area contributed by atoms with Gasteiger partial charge in [0.25, 0.3) is 0 Å². The lowest BCUT2D eigenvalue weighted by atomic mass is 9.90. The summed E-state index contributed by atoms with van der Waals surface area (Å²) in [6, 6.07) is 11.4. The Morgan fingerprint density at radius 2 is 1.92 bits per heavy atom. The molecule has 3 atom stereocenters. The predicted octanol–water partition coefficient (Wildman–Crippen LogP) is 3.22. The molecule has 2 fully saturated rings. The van der Waals surface area contributed by atoms with Gasteiger partial charge in [0.05, 0.1) is 12.3 Å². The standard InChI is InChI=1S/C17H21N3OS.2ClH/c1-19-7-13-8-20(17-18-14(10-21)11-22-17)9-15(13)16(19)12-5-3-2-4-6-12;;/h2-6,11,13,15-16,21H,7-10H2,1H3;2*1H/t13-,15+,16-;;/m0../s1. The number of aromatic nitrogens is 1. The second-order valence-electron chi connectivity index (χ2n) is 6.40. The number of hydrogen-bond acceptors (Lipinski definition) is 5. The van der Waals surface area contributed by atoms with Crippen molar-refractivity contribution in [1.82, 2.24) is 9.88 Å². The van der Waals surface area contributed by atoms with Gasteiger partial charge in [0.15, 0.2) is 5.13 Å². The molecule has 1 aromatic carbocycles. The number of aliphatic hydroxyl groups is 1. The van der Waals surface area contributed by atoms with E-state index in [4.69, 9.17) is 0 Å². The maximum atomic E-state index is 9.20. The Morgan fingerprint density at radius 3 is 2.58 bits per heavy atom. The second-order valence-corrected chi connectivity index (χ2v) is 7.24. The van der Waals surface area contributed by atoms with Crippen LogP contribution in [0.25, 0.3) is 0 Å². The van der Waals surface area contributed by atoms with Crippen LogP contribution < -0.4 is 4.90 Å². The second kappa shape index (κ2) is 8.02. The van der Waals surface area contributed by atoms with Gasteiger partial charge in [-0.2, -0.15) is 0 Å². The van der Waals surface area contributed by atoms with Crippen LogP contribution in [-0.2, 0) is 6.61 Å². The Hall–Kier alpha value is -0.850. The molecule has 1 aromatic heterocycles. The van der Waals surface area contributed by atoms with Crippen LogP contribution in [0.5, 0.6) is 0 Å². The third-order valence-corrected chi connectivity index (χ3v) is 5.96. The van der Waals surface area contributed by atoms with E-state index in [0.717, 1.165) is 30.5 Å². The van der Waals surface area contributed by atoms with Gasteiger partial charge in [-0.3, -0.25) is 4.90 Å². The van der Waals surface area contributed by atoms with Gasteiger partial charge < -0.3 is 10.0 Å². The summed E-state index contributed by atoms with van der Waals surface area (Å²) in [5, 5.41) is 12.2. The monoisotopic (exact) mass is 387 g/mol. The molecule has 0 amide bonds. The Morgan fingerprint density at radius 1 is 1.17 bits per heavy atom. The van der Waals surface area contributed by atoms with Gasteiger partial charge in [-0.05, 0) is 18.5 Å². The first-order valence-electron chi connectivity index (χ1n) is 7.81. The minimum absolute atomic E-state index is 0. The maximum absolute atomic E-state index is 9.20. The molecule has 0 aliphatic carbocycles. The third kappa shape index (κ3) is 3.41. The first kappa shape index (κ1) is 19.5. The van der Waals surface area contributed by atoms with Crippen molar-refractivity contribution in [2.24, 2.45) is 11.8 Å². The summed E-state index contributed by atoms with van der Waals surface area (Å²) in [6.45, 7) is 3.33. The topological polar surface area (TPSA) is 39.6 Å². The van der Waals surface area contributed by atoms with E-state index < -0.39 is 0 Å². The molecule has 2 aliphatic rings. The molecule has 24 heavy (non-hydrogen) atoms. The van der Waals surface area contributed by atoms with Gasteiger partial charge in [-0.15, -0.1) is 36.2 Å². The van der Waals surface area contributed by atoms with Crippen molar-refractivity contribution in [3.63, 3.8) is 0 Å². The molecule has 2 saturated heterocycles. The highest BCUT2D eigenvalue weighted by Gasteiger charge is 2.46. The number of hydrogen-bond donors (Lipinski definition) is 1. The number of anilines is 1. The van der Waals surface area contributed by atoms with Crippen LogP contribution in [0.2, 0.25) is 0 Å². The van der Waals surface area contributed by atoms with Crippen molar-refractivity contribution in [2.75, 3.05) is 31.6 Å². The zero-order chi connectivity index (χ0) is 15.1. The van der Waals surface area contributed by atoms with Crippen LogP contribution in [-0.4, -0.2) is 41.7 Å². The number of likely N-dealkylation sites (tertiary alicyclic amines) is 1. The molecule has 7 heteroatoms. The van der Waals surface area contributed by atoms with Crippen molar-refractivity contribution in [3.8, 4) is 0 Å². The Labute approximate surface area is 159 Å². The van der Waals surface area contributed by atoms with Crippen molar-refractivity contribution in [1.29, 1.82) is 0 Å². The first-order valence-corrected chi connectivity index (χ1v) is 8.69. The highest BCUT2D eigenvalue weighted by atomic mass is 35.5. The molecular weight excluding hydrogens is 365 g/mol. The smallest absolute Gasteiger partial charge is 0.185 e. The van der Waals surface area contributed by atoms with Gasteiger partial charge in [0, 0.05) is 37.0 Å². The molecule has 0 spiro atoms. The molecule has 4 rings (SSSR count). The summed E-state index contributed by atoms with van der Waals surface area (Å²) in [6.07, 6.45) is 0. The number of thiazole rings is 1. The average molecular weight is 388 g/mol. The molecule has 3 heterocycles. The quantitative estimate of drug-likeness (QED) is 0.877. The van der Waals surface area contributed by atoms with Crippen LogP contribution in [0.3, 0.4) is 0 Å². The van der Waals surface area contributed by atoms with Crippen LogP contribution in [0.1, 0.15) is 17.3 Å². The fourth-order valence-electron chi connectivity index (χ4n) is 4.08.